The molecular weight excluding hydrogens is 320 g/mol. The first-order valence-corrected chi connectivity index (χ1v) is 7.85. The summed E-state index contributed by atoms with van der Waals surface area (Å²) in [5, 5.41) is 8.11. The molecule has 6 nitrogen and oxygen atoms in total. The highest BCUT2D eigenvalue weighted by atomic mass is 16.5. The summed E-state index contributed by atoms with van der Waals surface area (Å²) in [4.78, 5) is 0. The molecule has 1 heterocycles. The van der Waals surface area contributed by atoms with E-state index in [0.29, 0.717) is 23.3 Å². The smallest absolute Gasteiger partial charge is 0.254 e. The first-order chi connectivity index (χ1) is 12.1. The van der Waals surface area contributed by atoms with E-state index in [1.54, 1.807) is 26.4 Å². The van der Waals surface area contributed by atoms with Gasteiger partial charge in [0.25, 0.3) is 5.89 Å². The minimum Gasteiger partial charge on any atom is -0.493 e. The molecular formula is C19H20N2O4. The van der Waals surface area contributed by atoms with E-state index < -0.39 is 0 Å². The van der Waals surface area contributed by atoms with Crippen molar-refractivity contribution in [3.05, 3.63) is 53.4 Å². The summed E-state index contributed by atoms with van der Waals surface area (Å²) in [7, 11) is 3.17. The van der Waals surface area contributed by atoms with Gasteiger partial charge < -0.3 is 18.6 Å². The lowest BCUT2D eigenvalue weighted by Gasteiger charge is -2.08. The molecule has 0 aliphatic heterocycles. The molecule has 0 aliphatic rings. The fourth-order valence-electron chi connectivity index (χ4n) is 2.50. The fourth-order valence-corrected chi connectivity index (χ4v) is 2.50. The van der Waals surface area contributed by atoms with Gasteiger partial charge in [0.2, 0.25) is 5.89 Å². The summed E-state index contributed by atoms with van der Waals surface area (Å²) < 4.78 is 22.0. The zero-order valence-electron chi connectivity index (χ0n) is 14.7. The van der Waals surface area contributed by atoms with Crippen molar-refractivity contribution in [1.29, 1.82) is 0 Å². The molecule has 3 rings (SSSR count). The van der Waals surface area contributed by atoms with Gasteiger partial charge in [0.15, 0.2) is 18.1 Å². The summed E-state index contributed by atoms with van der Waals surface area (Å²) >= 11 is 0. The first-order valence-electron chi connectivity index (χ1n) is 7.85. The Morgan fingerprint density at radius 2 is 1.64 bits per heavy atom. The van der Waals surface area contributed by atoms with Crippen molar-refractivity contribution in [2.45, 2.75) is 20.5 Å². The number of benzene rings is 2. The fraction of sp³-hybridized carbons (Fsp3) is 0.263. The van der Waals surface area contributed by atoms with Gasteiger partial charge in [-0.1, -0.05) is 17.7 Å². The minimum atomic E-state index is 0.212. The van der Waals surface area contributed by atoms with Crippen molar-refractivity contribution in [1.82, 2.24) is 10.2 Å². The molecule has 130 valence electrons. The SMILES string of the molecule is COc1ccc(-c2nnc(COc3ccc(C)cc3C)o2)cc1OC. The molecule has 0 saturated heterocycles. The van der Waals surface area contributed by atoms with Crippen molar-refractivity contribution in [2.24, 2.45) is 0 Å². The number of hydrogen-bond donors (Lipinski definition) is 0. The van der Waals surface area contributed by atoms with Crippen LogP contribution in [0.1, 0.15) is 17.0 Å². The van der Waals surface area contributed by atoms with E-state index >= 15 is 0 Å². The average Bonchev–Trinajstić information content (AvgIpc) is 3.09. The van der Waals surface area contributed by atoms with Crippen LogP contribution in [0.3, 0.4) is 0 Å². The maximum absolute atomic E-state index is 5.77. The molecule has 0 aliphatic carbocycles. The third-order valence-corrected chi connectivity index (χ3v) is 3.78. The number of ether oxygens (including phenoxy) is 3. The molecule has 0 fully saturated rings. The van der Waals surface area contributed by atoms with Crippen molar-refractivity contribution < 1.29 is 18.6 Å². The lowest BCUT2D eigenvalue weighted by molar-refractivity contribution is 0.263. The van der Waals surface area contributed by atoms with Crippen LogP contribution in [0.25, 0.3) is 11.5 Å². The Hall–Kier alpha value is -3.02. The van der Waals surface area contributed by atoms with E-state index in [1.807, 2.05) is 32.0 Å². The molecule has 25 heavy (non-hydrogen) atoms. The third kappa shape index (κ3) is 3.74. The van der Waals surface area contributed by atoms with Gasteiger partial charge in [0.1, 0.15) is 5.75 Å². The van der Waals surface area contributed by atoms with Crippen LogP contribution >= 0.6 is 0 Å². The van der Waals surface area contributed by atoms with Crippen LogP contribution in [0, 0.1) is 13.8 Å². The Labute approximate surface area is 146 Å². The third-order valence-electron chi connectivity index (χ3n) is 3.78. The molecule has 6 heteroatoms. The van der Waals surface area contributed by atoms with Gasteiger partial charge in [-0.2, -0.15) is 0 Å². The number of aromatic nitrogens is 2. The minimum absolute atomic E-state index is 0.212. The predicted octanol–water partition coefficient (Wildman–Crippen LogP) is 3.95. The van der Waals surface area contributed by atoms with E-state index in [9.17, 15) is 0 Å². The molecule has 2 aromatic carbocycles. The molecule has 1 aromatic heterocycles. The summed E-state index contributed by atoms with van der Waals surface area (Å²) in [6, 6.07) is 11.4. The predicted molar refractivity (Wildman–Crippen MR) is 93.1 cm³/mol. The Balaban J connectivity index is 1.74. The normalized spacial score (nSPS) is 10.6. The van der Waals surface area contributed by atoms with Crippen LogP contribution in [-0.2, 0) is 6.61 Å². The van der Waals surface area contributed by atoms with E-state index in [-0.39, 0.29) is 6.61 Å². The molecule has 0 radical (unpaired) electrons. The maximum atomic E-state index is 5.77. The van der Waals surface area contributed by atoms with Crippen molar-refractivity contribution >= 4 is 0 Å². The molecule has 0 N–H and O–H groups in total. The summed E-state index contributed by atoms with van der Waals surface area (Å²) in [6.45, 7) is 4.26. The van der Waals surface area contributed by atoms with Crippen LogP contribution in [0.4, 0.5) is 0 Å². The highest BCUT2D eigenvalue weighted by Gasteiger charge is 2.13. The second kappa shape index (κ2) is 7.25. The quantitative estimate of drug-likeness (QED) is 0.677. The summed E-state index contributed by atoms with van der Waals surface area (Å²) in [5.74, 6) is 2.86. The van der Waals surface area contributed by atoms with Crippen LogP contribution in [0.2, 0.25) is 0 Å². The molecule has 0 bridgehead atoms. The molecule has 0 amide bonds. The van der Waals surface area contributed by atoms with E-state index in [1.165, 1.54) is 5.56 Å². The van der Waals surface area contributed by atoms with Crippen LogP contribution in [0.5, 0.6) is 17.2 Å². The van der Waals surface area contributed by atoms with Gasteiger partial charge in [-0.3, -0.25) is 0 Å². The summed E-state index contributed by atoms with van der Waals surface area (Å²) in [5.41, 5.74) is 3.01. The van der Waals surface area contributed by atoms with Crippen LogP contribution in [-0.4, -0.2) is 24.4 Å². The number of nitrogens with zero attached hydrogens (tertiary/aromatic N) is 2. The average molecular weight is 340 g/mol. The number of rotatable bonds is 6. The van der Waals surface area contributed by atoms with Gasteiger partial charge in [0, 0.05) is 5.56 Å². The lowest BCUT2D eigenvalue weighted by Crippen LogP contribution is -1.97. The highest BCUT2D eigenvalue weighted by Crippen LogP contribution is 2.31. The van der Waals surface area contributed by atoms with Gasteiger partial charge in [-0.15, -0.1) is 10.2 Å². The van der Waals surface area contributed by atoms with Crippen molar-refractivity contribution in [2.75, 3.05) is 14.2 Å². The molecule has 0 spiro atoms. The van der Waals surface area contributed by atoms with Gasteiger partial charge in [-0.05, 0) is 43.7 Å². The largest absolute Gasteiger partial charge is 0.493 e. The van der Waals surface area contributed by atoms with E-state index in [2.05, 4.69) is 16.3 Å². The van der Waals surface area contributed by atoms with Gasteiger partial charge in [0.05, 0.1) is 14.2 Å². The number of methoxy groups -OCH3 is 2. The monoisotopic (exact) mass is 340 g/mol. The Morgan fingerprint density at radius 3 is 2.36 bits per heavy atom. The summed E-state index contributed by atoms with van der Waals surface area (Å²) in [6.07, 6.45) is 0. The highest BCUT2D eigenvalue weighted by molar-refractivity contribution is 5.59. The molecule has 0 atom stereocenters. The standard InChI is InChI=1S/C19H20N2O4/c1-12-5-7-15(13(2)9-12)24-11-18-20-21-19(25-18)14-6-8-16(22-3)17(10-14)23-4/h5-10H,11H2,1-4H3. The van der Waals surface area contributed by atoms with Gasteiger partial charge in [-0.25, -0.2) is 0 Å². The molecule has 0 saturated carbocycles. The van der Waals surface area contributed by atoms with Crippen LogP contribution in [0.15, 0.2) is 40.8 Å². The van der Waals surface area contributed by atoms with Crippen molar-refractivity contribution in [3.8, 4) is 28.7 Å². The molecule has 3 aromatic rings. The topological polar surface area (TPSA) is 66.6 Å². The lowest BCUT2D eigenvalue weighted by atomic mass is 10.1. The van der Waals surface area contributed by atoms with Gasteiger partial charge >= 0.3 is 0 Å². The zero-order valence-corrected chi connectivity index (χ0v) is 14.7. The Bertz CT molecular complexity index is 874. The second-order valence-corrected chi connectivity index (χ2v) is 5.63. The van der Waals surface area contributed by atoms with E-state index in [0.717, 1.165) is 16.9 Å². The Kier molecular flexibility index (Phi) is 4.88. The maximum Gasteiger partial charge on any atom is 0.254 e. The first kappa shape index (κ1) is 16.8. The Morgan fingerprint density at radius 1 is 0.880 bits per heavy atom. The number of hydrogen-bond acceptors (Lipinski definition) is 6. The zero-order chi connectivity index (χ0) is 17.8. The number of aryl methyl sites for hydroxylation is 2. The van der Waals surface area contributed by atoms with E-state index in [4.69, 9.17) is 18.6 Å². The van der Waals surface area contributed by atoms with Crippen LogP contribution < -0.4 is 14.2 Å². The molecule has 0 unspecified atom stereocenters. The second-order valence-electron chi connectivity index (χ2n) is 5.63. The van der Waals surface area contributed by atoms with Crippen molar-refractivity contribution in [3.63, 3.8) is 0 Å².